The number of hydrogen-bond acceptors (Lipinski definition) is 6. The Morgan fingerprint density at radius 3 is 2.53 bits per heavy atom. The zero-order valence-electron chi connectivity index (χ0n) is 11.0. The molecule has 0 heterocycles. The fourth-order valence-corrected chi connectivity index (χ4v) is 1.28. The van der Waals surface area contributed by atoms with Gasteiger partial charge in [0, 0.05) is 6.07 Å². The van der Waals surface area contributed by atoms with Crippen LogP contribution in [0.1, 0.15) is 19.4 Å². The first-order chi connectivity index (χ1) is 9.06. The molecule has 0 bridgehead atoms. The van der Waals surface area contributed by atoms with Crippen LogP contribution in [0.15, 0.2) is 34.6 Å². The topological polar surface area (TPSA) is 86.3 Å². The van der Waals surface area contributed by atoms with Crippen molar-refractivity contribution in [3.8, 4) is 0 Å². The van der Waals surface area contributed by atoms with Crippen LogP contribution in [0, 0.1) is 10.1 Å². The molecule has 0 amide bonds. The lowest BCUT2D eigenvalue weighted by Gasteiger charge is -2.03. The molecule has 1 rings (SSSR count). The molecule has 0 aliphatic rings. The van der Waals surface area contributed by atoms with Gasteiger partial charge in [-0.15, -0.1) is 0 Å². The lowest BCUT2D eigenvalue weighted by molar-refractivity contribution is -0.386. The van der Waals surface area contributed by atoms with Crippen molar-refractivity contribution in [1.82, 2.24) is 0 Å². The van der Waals surface area contributed by atoms with Crippen molar-refractivity contribution < 1.29 is 14.6 Å². The van der Waals surface area contributed by atoms with Crippen LogP contribution >= 0.6 is 0 Å². The first kappa shape index (κ1) is 14.6. The van der Waals surface area contributed by atoms with E-state index in [1.165, 1.54) is 13.2 Å². The summed E-state index contributed by atoms with van der Waals surface area (Å²) in [6, 6.07) is 6.36. The Morgan fingerprint density at radius 2 is 1.89 bits per heavy atom. The summed E-state index contributed by atoms with van der Waals surface area (Å²) in [5.74, 6) is 0. The molecule has 0 saturated carbocycles. The summed E-state index contributed by atoms with van der Waals surface area (Å²) >= 11 is 0. The van der Waals surface area contributed by atoms with Gasteiger partial charge >= 0.3 is 0 Å². The van der Waals surface area contributed by atoms with Crippen molar-refractivity contribution in [3.05, 3.63) is 39.9 Å². The third-order valence-corrected chi connectivity index (χ3v) is 2.36. The SMILES string of the molecule is CON=C(C)C(C)=NOCc1ccccc1[N+](=O)[O-]. The lowest BCUT2D eigenvalue weighted by Crippen LogP contribution is -2.07. The Hall–Kier alpha value is -2.44. The minimum Gasteiger partial charge on any atom is -0.399 e. The molecule has 7 nitrogen and oxygen atoms in total. The van der Waals surface area contributed by atoms with Crippen molar-refractivity contribution in [3.63, 3.8) is 0 Å². The van der Waals surface area contributed by atoms with Crippen LogP contribution in [0.5, 0.6) is 0 Å². The lowest BCUT2D eigenvalue weighted by atomic mass is 10.2. The normalized spacial score (nSPS) is 12.2. The van der Waals surface area contributed by atoms with Crippen LogP contribution in [-0.2, 0) is 16.3 Å². The molecule has 0 spiro atoms. The molecule has 0 atom stereocenters. The molecule has 7 heteroatoms. The highest BCUT2D eigenvalue weighted by Gasteiger charge is 2.12. The molecule has 0 aliphatic carbocycles. The second-order valence-corrected chi connectivity index (χ2v) is 3.70. The van der Waals surface area contributed by atoms with E-state index in [9.17, 15) is 10.1 Å². The van der Waals surface area contributed by atoms with Gasteiger partial charge in [0.2, 0.25) is 0 Å². The van der Waals surface area contributed by atoms with Gasteiger partial charge in [0.05, 0.1) is 10.5 Å². The van der Waals surface area contributed by atoms with Crippen molar-refractivity contribution in [2.24, 2.45) is 10.3 Å². The van der Waals surface area contributed by atoms with Crippen molar-refractivity contribution in [2.75, 3.05) is 7.11 Å². The van der Waals surface area contributed by atoms with E-state index in [2.05, 4.69) is 15.1 Å². The van der Waals surface area contributed by atoms with Gasteiger partial charge in [-0.3, -0.25) is 10.1 Å². The molecular formula is C12H15N3O4. The van der Waals surface area contributed by atoms with E-state index in [0.717, 1.165) is 0 Å². The monoisotopic (exact) mass is 265 g/mol. The Morgan fingerprint density at radius 1 is 1.26 bits per heavy atom. The fraction of sp³-hybridized carbons (Fsp3) is 0.333. The summed E-state index contributed by atoms with van der Waals surface area (Å²) in [7, 11) is 1.44. The molecule has 1 aromatic rings. The van der Waals surface area contributed by atoms with E-state index in [4.69, 9.17) is 4.84 Å². The molecule has 0 saturated heterocycles. The fourth-order valence-electron chi connectivity index (χ4n) is 1.28. The number of nitro groups is 1. The second kappa shape index (κ2) is 7.10. The number of nitro benzene ring substituents is 1. The van der Waals surface area contributed by atoms with E-state index in [0.29, 0.717) is 17.0 Å². The van der Waals surface area contributed by atoms with Crippen LogP contribution in [0.2, 0.25) is 0 Å². The molecule has 0 radical (unpaired) electrons. The molecule has 0 aliphatic heterocycles. The first-order valence-electron chi connectivity index (χ1n) is 5.53. The minimum atomic E-state index is -0.451. The maximum atomic E-state index is 10.8. The van der Waals surface area contributed by atoms with Gasteiger partial charge in [-0.1, -0.05) is 22.4 Å². The summed E-state index contributed by atoms with van der Waals surface area (Å²) in [4.78, 5) is 20.0. The molecule has 0 N–H and O–H groups in total. The highest BCUT2D eigenvalue weighted by Crippen LogP contribution is 2.18. The molecule has 19 heavy (non-hydrogen) atoms. The van der Waals surface area contributed by atoms with Crippen LogP contribution in [-0.4, -0.2) is 23.5 Å². The van der Waals surface area contributed by atoms with Gasteiger partial charge in [-0.2, -0.15) is 0 Å². The van der Waals surface area contributed by atoms with Crippen LogP contribution in [0.4, 0.5) is 5.69 Å². The number of oxime groups is 2. The number of benzene rings is 1. The van der Waals surface area contributed by atoms with Crippen LogP contribution < -0.4 is 0 Å². The maximum Gasteiger partial charge on any atom is 0.276 e. The van der Waals surface area contributed by atoms with Crippen molar-refractivity contribution >= 4 is 17.1 Å². The van der Waals surface area contributed by atoms with Gasteiger partial charge in [-0.05, 0) is 19.9 Å². The quantitative estimate of drug-likeness (QED) is 0.449. The highest BCUT2D eigenvalue weighted by molar-refractivity contribution is 6.40. The van der Waals surface area contributed by atoms with Gasteiger partial charge in [0.25, 0.3) is 5.69 Å². The van der Waals surface area contributed by atoms with E-state index in [1.807, 2.05) is 0 Å². The number of para-hydroxylation sites is 1. The number of rotatable bonds is 6. The average Bonchev–Trinajstić information content (AvgIpc) is 2.39. The zero-order chi connectivity index (χ0) is 14.3. The van der Waals surface area contributed by atoms with Gasteiger partial charge in [0.15, 0.2) is 0 Å². The Bertz CT molecular complexity index is 511. The summed E-state index contributed by atoms with van der Waals surface area (Å²) in [5.41, 5.74) is 1.59. The third kappa shape index (κ3) is 4.38. The van der Waals surface area contributed by atoms with Crippen LogP contribution in [0.25, 0.3) is 0 Å². The predicted molar refractivity (Wildman–Crippen MR) is 71.1 cm³/mol. The Labute approximate surface area is 110 Å². The summed E-state index contributed by atoms with van der Waals surface area (Å²) in [6.45, 7) is 3.45. The first-order valence-corrected chi connectivity index (χ1v) is 5.53. The Balaban J connectivity index is 2.71. The predicted octanol–water partition coefficient (Wildman–Crippen LogP) is 2.51. The third-order valence-electron chi connectivity index (χ3n) is 2.36. The molecular weight excluding hydrogens is 250 g/mol. The Kier molecular flexibility index (Phi) is 5.46. The molecule has 0 unspecified atom stereocenters. The molecule has 0 fully saturated rings. The summed E-state index contributed by atoms with van der Waals surface area (Å²) in [6.07, 6.45) is 0. The molecule has 0 aromatic heterocycles. The van der Waals surface area contributed by atoms with E-state index < -0.39 is 4.92 Å². The number of nitrogens with zero attached hydrogens (tertiary/aromatic N) is 3. The standard InChI is InChI=1S/C12H15N3O4/c1-9(13-18-3)10(2)14-19-8-11-6-4-5-7-12(11)15(16)17/h4-7H,8H2,1-3H3. The van der Waals surface area contributed by atoms with E-state index >= 15 is 0 Å². The smallest absolute Gasteiger partial charge is 0.276 e. The largest absolute Gasteiger partial charge is 0.399 e. The van der Waals surface area contributed by atoms with E-state index in [-0.39, 0.29) is 12.3 Å². The zero-order valence-corrected chi connectivity index (χ0v) is 11.0. The maximum absolute atomic E-state index is 10.8. The average molecular weight is 265 g/mol. The minimum absolute atomic E-state index is 0.0117. The van der Waals surface area contributed by atoms with Gasteiger partial charge in [0.1, 0.15) is 25.1 Å². The molecule has 102 valence electrons. The van der Waals surface area contributed by atoms with Gasteiger partial charge < -0.3 is 9.68 Å². The second-order valence-electron chi connectivity index (χ2n) is 3.70. The highest BCUT2D eigenvalue weighted by atomic mass is 16.6. The van der Waals surface area contributed by atoms with Crippen molar-refractivity contribution in [2.45, 2.75) is 20.5 Å². The summed E-state index contributed by atoms with van der Waals surface area (Å²) < 4.78 is 0. The van der Waals surface area contributed by atoms with Crippen molar-refractivity contribution in [1.29, 1.82) is 0 Å². The summed E-state index contributed by atoms with van der Waals surface area (Å²) in [5, 5.41) is 18.3. The van der Waals surface area contributed by atoms with Gasteiger partial charge in [-0.25, -0.2) is 0 Å². The number of hydrogen-bond donors (Lipinski definition) is 0. The van der Waals surface area contributed by atoms with Crippen LogP contribution in [0.3, 0.4) is 0 Å². The molecule has 1 aromatic carbocycles. The van der Waals surface area contributed by atoms with E-state index in [1.54, 1.807) is 32.0 Å².